The molecule has 0 fully saturated rings. The van der Waals surface area contributed by atoms with Crippen molar-refractivity contribution in [3.05, 3.63) is 66.0 Å². The summed E-state index contributed by atoms with van der Waals surface area (Å²) in [5.41, 5.74) is 5.41. The maximum absolute atomic E-state index is 9.42. The predicted octanol–water partition coefficient (Wildman–Crippen LogP) is 1.98. The van der Waals surface area contributed by atoms with E-state index in [0.29, 0.717) is 5.46 Å². The molecule has 4 rings (SSSR count). The molecule has 0 aromatic heterocycles. The van der Waals surface area contributed by atoms with Gasteiger partial charge < -0.3 is 19.4 Å². The van der Waals surface area contributed by atoms with E-state index in [-0.39, 0.29) is 0 Å². The third-order valence-corrected chi connectivity index (χ3v) is 5.22. The second-order valence-corrected chi connectivity index (χ2v) is 7.62. The summed E-state index contributed by atoms with van der Waals surface area (Å²) >= 11 is 0. The van der Waals surface area contributed by atoms with Crippen LogP contribution in [0.5, 0.6) is 0 Å². The topological polar surface area (TPSA) is 59.9 Å². The summed E-state index contributed by atoms with van der Waals surface area (Å²) in [5, 5.41) is 20.9. The van der Waals surface area contributed by atoms with Crippen LogP contribution < -0.4 is 20.3 Å². The van der Waals surface area contributed by atoms with Gasteiger partial charge in [0.05, 0.1) is 6.07 Å². The molecule has 1 aliphatic heterocycles. The zero-order valence-electron chi connectivity index (χ0n) is 17.0. The number of hydrogen-bond acceptors (Lipinski definition) is 4. The van der Waals surface area contributed by atoms with E-state index < -0.39 is 7.12 Å². The summed E-state index contributed by atoms with van der Waals surface area (Å²) in [6, 6.07) is 19.7. The Morgan fingerprint density at radius 2 is 1.62 bits per heavy atom. The molecule has 0 saturated carbocycles. The summed E-state index contributed by atoms with van der Waals surface area (Å²) in [7, 11) is 6.55. The highest BCUT2D eigenvalue weighted by Crippen LogP contribution is 2.40. The lowest BCUT2D eigenvalue weighted by atomic mass is 9.79. The minimum atomic E-state index is -1.48. The lowest BCUT2D eigenvalue weighted by Crippen LogP contribution is -2.29. The molecule has 0 radical (unpaired) electrons. The molecule has 2 aromatic rings. The van der Waals surface area contributed by atoms with Crippen molar-refractivity contribution in [3.63, 3.8) is 0 Å². The Labute approximate surface area is 170 Å². The van der Waals surface area contributed by atoms with Crippen molar-refractivity contribution in [2.75, 3.05) is 33.1 Å². The van der Waals surface area contributed by atoms with Crippen molar-refractivity contribution in [2.24, 2.45) is 0 Å². The number of rotatable bonds is 3. The van der Waals surface area contributed by atoms with Crippen LogP contribution in [0.25, 0.3) is 33.4 Å². The number of anilines is 1. The highest BCUT2D eigenvalue weighted by molar-refractivity contribution is 6.58. The largest absolute Gasteiger partial charge is 0.488 e. The molecule has 1 heterocycles. The maximum Gasteiger partial charge on any atom is 0.488 e. The fourth-order valence-corrected chi connectivity index (χ4v) is 3.56. The highest BCUT2D eigenvalue weighted by Gasteiger charge is 2.19. The molecule has 1 aliphatic carbocycles. The first-order valence-corrected chi connectivity index (χ1v) is 9.50. The van der Waals surface area contributed by atoms with Crippen LogP contribution in [0.15, 0.2) is 65.1 Å². The molecule has 6 heteroatoms. The standard InChI is InChI=1S/C23H24BN2O3/c1-25(2)17-9-11-19-21(13-17)29-22-14-18(26(3)4)10-12-20(22)23(19)15-5-7-16(8-6-15)24(27)28/h5-14,27-28H,1-4H3/q+1. The van der Waals surface area contributed by atoms with Gasteiger partial charge in [-0.1, -0.05) is 24.3 Å². The third kappa shape index (κ3) is 3.53. The molecule has 2 aliphatic rings. The van der Waals surface area contributed by atoms with Gasteiger partial charge in [-0.2, -0.15) is 0 Å². The smallest absolute Gasteiger partial charge is 0.456 e. The van der Waals surface area contributed by atoms with Gasteiger partial charge in [0, 0.05) is 48.4 Å². The number of benzene rings is 3. The van der Waals surface area contributed by atoms with Crippen LogP contribution in [0.1, 0.15) is 0 Å². The molecule has 5 nitrogen and oxygen atoms in total. The van der Waals surface area contributed by atoms with Gasteiger partial charge >= 0.3 is 7.12 Å². The van der Waals surface area contributed by atoms with Crippen molar-refractivity contribution in [1.82, 2.24) is 4.58 Å². The van der Waals surface area contributed by atoms with Crippen molar-refractivity contribution in [3.8, 4) is 22.5 Å². The third-order valence-electron chi connectivity index (χ3n) is 5.22. The molecule has 0 atom stereocenters. The van der Waals surface area contributed by atoms with Gasteiger partial charge in [0.25, 0.3) is 0 Å². The van der Waals surface area contributed by atoms with E-state index in [0.717, 1.165) is 44.5 Å². The van der Waals surface area contributed by atoms with E-state index in [9.17, 15) is 10.0 Å². The van der Waals surface area contributed by atoms with Gasteiger partial charge in [-0.15, -0.1) is 0 Å². The molecular formula is C23H24BN2O3+. The van der Waals surface area contributed by atoms with Gasteiger partial charge in [-0.25, -0.2) is 4.58 Å². The Balaban J connectivity index is 2.07. The average molecular weight is 387 g/mol. The van der Waals surface area contributed by atoms with Crippen LogP contribution in [0, 0.1) is 0 Å². The van der Waals surface area contributed by atoms with Crippen LogP contribution >= 0.6 is 0 Å². The van der Waals surface area contributed by atoms with E-state index in [1.165, 1.54) is 0 Å². The molecule has 146 valence electrons. The SMILES string of the molecule is CN(C)c1ccc2c(-c3ccc(B(O)O)cc3)c3ccc(=[N+](C)C)cc-3oc2c1. The highest BCUT2D eigenvalue weighted by atomic mass is 16.4. The summed E-state index contributed by atoms with van der Waals surface area (Å²) < 4.78 is 8.37. The van der Waals surface area contributed by atoms with Gasteiger partial charge in [0.1, 0.15) is 25.4 Å². The molecule has 0 saturated heterocycles. The lowest BCUT2D eigenvalue weighted by Gasteiger charge is -2.18. The van der Waals surface area contributed by atoms with Crippen LogP contribution in [-0.4, -0.2) is 45.4 Å². The lowest BCUT2D eigenvalue weighted by molar-refractivity contribution is 0.426. The van der Waals surface area contributed by atoms with E-state index in [1.54, 1.807) is 12.1 Å². The fourth-order valence-electron chi connectivity index (χ4n) is 3.56. The van der Waals surface area contributed by atoms with E-state index >= 15 is 0 Å². The van der Waals surface area contributed by atoms with E-state index in [2.05, 4.69) is 24.3 Å². The average Bonchev–Trinajstić information content (AvgIpc) is 2.71. The normalized spacial score (nSPS) is 11.1. The molecule has 0 spiro atoms. The first-order chi connectivity index (χ1) is 13.8. The van der Waals surface area contributed by atoms with Crippen LogP contribution in [0.3, 0.4) is 0 Å². The zero-order valence-corrected chi connectivity index (χ0v) is 17.0. The van der Waals surface area contributed by atoms with Gasteiger partial charge in [-0.05, 0) is 29.2 Å². The van der Waals surface area contributed by atoms with Crippen molar-refractivity contribution >= 4 is 29.2 Å². The molecule has 2 N–H and O–H groups in total. The summed E-state index contributed by atoms with van der Waals surface area (Å²) in [4.78, 5) is 2.05. The Bertz CT molecular complexity index is 1220. The minimum absolute atomic E-state index is 0.466. The summed E-state index contributed by atoms with van der Waals surface area (Å²) in [6.45, 7) is 0. The predicted molar refractivity (Wildman–Crippen MR) is 120 cm³/mol. The second-order valence-electron chi connectivity index (χ2n) is 7.62. The zero-order chi connectivity index (χ0) is 20.7. The fraction of sp³-hybridized carbons (Fsp3) is 0.174. The quantitative estimate of drug-likeness (QED) is 0.321. The first-order valence-electron chi connectivity index (χ1n) is 9.50. The number of nitrogens with zero attached hydrogens (tertiary/aromatic N) is 2. The van der Waals surface area contributed by atoms with Crippen molar-refractivity contribution < 1.29 is 14.5 Å². The Morgan fingerprint density at radius 3 is 2.24 bits per heavy atom. The van der Waals surface area contributed by atoms with Crippen molar-refractivity contribution in [1.29, 1.82) is 0 Å². The van der Waals surface area contributed by atoms with Crippen molar-refractivity contribution in [2.45, 2.75) is 0 Å². The van der Waals surface area contributed by atoms with Gasteiger partial charge in [0.15, 0.2) is 0 Å². The molecule has 0 unspecified atom stereocenters. The maximum atomic E-state index is 9.42. The molecule has 29 heavy (non-hydrogen) atoms. The molecule has 0 bridgehead atoms. The van der Waals surface area contributed by atoms with Crippen LogP contribution in [0.4, 0.5) is 5.69 Å². The molecule has 2 aromatic carbocycles. The number of hydrogen-bond donors (Lipinski definition) is 2. The Kier molecular flexibility index (Phi) is 4.90. The number of fused-ring (bicyclic) bond motifs is 2. The molecular weight excluding hydrogens is 363 g/mol. The van der Waals surface area contributed by atoms with Crippen LogP contribution in [0.2, 0.25) is 0 Å². The first kappa shape index (κ1) is 19.2. The Hall–Kier alpha value is -3.09. The summed E-state index contributed by atoms with van der Waals surface area (Å²) in [5.74, 6) is 0.806. The Morgan fingerprint density at radius 1 is 0.897 bits per heavy atom. The summed E-state index contributed by atoms with van der Waals surface area (Å²) in [6.07, 6.45) is 0. The minimum Gasteiger partial charge on any atom is -0.456 e. The van der Waals surface area contributed by atoms with E-state index in [4.69, 9.17) is 4.42 Å². The molecule has 0 amide bonds. The second kappa shape index (κ2) is 7.39. The monoisotopic (exact) mass is 387 g/mol. The van der Waals surface area contributed by atoms with Crippen LogP contribution in [-0.2, 0) is 0 Å². The van der Waals surface area contributed by atoms with Gasteiger partial charge in [-0.3, -0.25) is 0 Å². The van der Waals surface area contributed by atoms with Gasteiger partial charge in [0.2, 0.25) is 5.36 Å². The van der Waals surface area contributed by atoms with E-state index in [1.807, 2.05) is 61.9 Å².